The molecule has 21 heavy (non-hydrogen) atoms. The van der Waals surface area contributed by atoms with Crippen LogP contribution < -0.4 is 4.90 Å². The molecular formula is C15H15Cl2N3O. The van der Waals surface area contributed by atoms with Crippen LogP contribution in [0, 0.1) is 0 Å². The molecule has 0 aliphatic carbocycles. The molecule has 1 unspecified atom stereocenters. The summed E-state index contributed by atoms with van der Waals surface area (Å²) in [5.41, 5.74) is -0.0913. The van der Waals surface area contributed by atoms with E-state index < -0.39 is 5.60 Å². The second kappa shape index (κ2) is 5.79. The van der Waals surface area contributed by atoms with Crippen molar-refractivity contribution >= 4 is 29.0 Å². The maximum Gasteiger partial charge on any atom is 0.151 e. The number of aliphatic hydroxyl groups is 1. The number of piperidine rings is 1. The largest absolute Gasteiger partial charge is 0.383 e. The van der Waals surface area contributed by atoms with Crippen LogP contribution in [0.15, 0.2) is 36.4 Å². The van der Waals surface area contributed by atoms with Crippen LogP contribution in [0.4, 0.5) is 5.82 Å². The fraction of sp³-hybridized carbons (Fsp3) is 0.333. The summed E-state index contributed by atoms with van der Waals surface area (Å²) < 4.78 is 0. The molecule has 1 aliphatic rings. The molecule has 0 spiro atoms. The maximum absolute atomic E-state index is 11.0. The van der Waals surface area contributed by atoms with Gasteiger partial charge in [-0.05, 0) is 42.7 Å². The van der Waals surface area contributed by atoms with Gasteiger partial charge in [0.25, 0.3) is 0 Å². The van der Waals surface area contributed by atoms with Crippen LogP contribution >= 0.6 is 23.2 Å². The summed E-state index contributed by atoms with van der Waals surface area (Å²) in [6.07, 6.45) is 1.57. The fourth-order valence-corrected chi connectivity index (χ4v) is 3.01. The van der Waals surface area contributed by atoms with E-state index in [0.29, 0.717) is 23.1 Å². The zero-order valence-corrected chi connectivity index (χ0v) is 12.8. The van der Waals surface area contributed by atoms with Crippen molar-refractivity contribution in [3.8, 4) is 0 Å². The molecule has 1 aliphatic heterocycles. The van der Waals surface area contributed by atoms with E-state index in [0.717, 1.165) is 24.3 Å². The van der Waals surface area contributed by atoms with Gasteiger partial charge in [-0.2, -0.15) is 0 Å². The van der Waals surface area contributed by atoms with Crippen LogP contribution in [0.2, 0.25) is 10.2 Å². The molecule has 0 amide bonds. The van der Waals surface area contributed by atoms with Crippen LogP contribution in [-0.4, -0.2) is 28.4 Å². The zero-order valence-electron chi connectivity index (χ0n) is 11.3. The van der Waals surface area contributed by atoms with Gasteiger partial charge in [-0.25, -0.2) is 0 Å². The van der Waals surface area contributed by atoms with E-state index >= 15 is 0 Å². The highest BCUT2D eigenvalue weighted by Crippen LogP contribution is 2.34. The van der Waals surface area contributed by atoms with Crippen LogP contribution in [0.25, 0.3) is 0 Å². The average Bonchev–Trinajstić information content (AvgIpc) is 2.48. The first-order valence-corrected chi connectivity index (χ1v) is 7.55. The smallest absolute Gasteiger partial charge is 0.151 e. The lowest BCUT2D eigenvalue weighted by Gasteiger charge is -2.40. The SMILES string of the molecule is OC1(c2cccc(Cl)c2)CCCN(c2ccc(Cl)nn2)C1. The first-order valence-electron chi connectivity index (χ1n) is 6.79. The third-order valence-corrected chi connectivity index (χ3v) is 4.21. The van der Waals surface area contributed by atoms with Crippen LogP contribution in [0.3, 0.4) is 0 Å². The molecule has 1 aromatic heterocycles. The number of anilines is 1. The van der Waals surface area contributed by atoms with Gasteiger partial charge in [0.05, 0.1) is 6.54 Å². The maximum atomic E-state index is 11.0. The van der Waals surface area contributed by atoms with Gasteiger partial charge >= 0.3 is 0 Å². The minimum absolute atomic E-state index is 0.362. The summed E-state index contributed by atoms with van der Waals surface area (Å²) >= 11 is 11.8. The number of halogens is 2. The highest BCUT2D eigenvalue weighted by molar-refractivity contribution is 6.30. The fourth-order valence-electron chi connectivity index (χ4n) is 2.72. The van der Waals surface area contributed by atoms with Gasteiger partial charge in [0.1, 0.15) is 5.60 Å². The normalized spacial score (nSPS) is 22.3. The minimum Gasteiger partial charge on any atom is -0.383 e. The molecule has 110 valence electrons. The summed E-state index contributed by atoms with van der Waals surface area (Å²) in [6, 6.07) is 10.9. The summed E-state index contributed by atoms with van der Waals surface area (Å²) in [7, 11) is 0. The molecule has 1 saturated heterocycles. The highest BCUT2D eigenvalue weighted by atomic mass is 35.5. The molecule has 1 atom stereocenters. The average molecular weight is 324 g/mol. The third-order valence-electron chi connectivity index (χ3n) is 3.77. The number of nitrogens with zero attached hydrogens (tertiary/aromatic N) is 3. The van der Waals surface area contributed by atoms with Crippen LogP contribution in [-0.2, 0) is 5.60 Å². The molecule has 3 rings (SSSR count). The van der Waals surface area contributed by atoms with Gasteiger partial charge < -0.3 is 10.0 Å². The molecule has 1 aromatic carbocycles. The van der Waals surface area contributed by atoms with Gasteiger partial charge in [-0.3, -0.25) is 0 Å². The first-order chi connectivity index (χ1) is 10.1. The molecule has 2 aromatic rings. The predicted molar refractivity (Wildman–Crippen MR) is 83.8 cm³/mol. The number of aromatic nitrogens is 2. The van der Waals surface area contributed by atoms with Gasteiger partial charge in [-0.1, -0.05) is 35.3 Å². The zero-order chi connectivity index (χ0) is 14.9. The summed E-state index contributed by atoms with van der Waals surface area (Å²) in [5.74, 6) is 0.722. The van der Waals surface area contributed by atoms with Crippen molar-refractivity contribution in [1.82, 2.24) is 10.2 Å². The Morgan fingerprint density at radius 3 is 2.71 bits per heavy atom. The highest BCUT2D eigenvalue weighted by Gasteiger charge is 2.35. The van der Waals surface area contributed by atoms with Crippen molar-refractivity contribution in [3.05, 3.63) is 52.1 Å². The second-order valence-corrected chi connectivity index (χ2v) is 6.10. The van der Waals surface area contributed by atoms with E-state index in [1.54, 1.807) is 12.1 Å². The number of rotatable bonds is 2. The Morgan fingerprint density at radius 1 is 1.14 bits per heavy atom. The van der Waals surface area contributed by atoms with Crippen molar-refractivity contribution in [2.24, 2.45) is 0 Å². The number of benzene rings is 1. The Bertz CT molecular complexity index is 635. The van der Waals surface area contributed by atoms with E-state index in [1.807, 2.05) is 29.2 Å². The minimum atomic E-state index is -0.926. The molecule has 2 heterocycles. The Hall–Kier alpha value is -1.36. The molecule has 1 N–H and O–H groups in total. The number of hydrogen-bond acceptors (Lipinski definition) is 4. The van der Waals surface area contributed by atoms with Crippen LogP contribution in [0.1, 0.15) is 18.4 Å². The Kier molecular flexibility index (Phi) is 4.02. The van der Waals surface area contributed by atoms with Gasteiger partial charge in [0.15, 0.2) is 11.0 Å². The first kappa shape index (κ1) is 14.6. The molecular weight excluding hydrogens is 309 g/mol. The van der Waals surface area contributed by atoms with Crippen molar-refractivity contribution in [2.75, 3.05) is 18.0 Å². The van der Waals surface area contributed by atoms with Crippen molar-refractivity contribution in [1.29, 1.82) is 0 Å². The summed E-state index contributed by atoms with van der Waals surface area (Å²) in [5, 5.41) is 19.9. The van der Waals surface area contributed by atoms with Crippen molar-refractivity contribution in [2.45, 2.75) is 18.4 Å². The Labute approximate surface area is 133 Å². The van der Waals surface area contributed by atoms with Gasteiger partial charge in [-0.15, -0.1) is 10.2 Å². The molecule has 0 radical (unpaired) electrons. The number of β-amino-alcohol motifs (C(OH)–C–C–N with tert-alkyl or cyclic N) is 1. The van der Waals surface area contributed by atoms with Gasteiger partial charge in [0, 0.05) is 11.6 Å². The Morgan fingerprint density at radius 2 is 2.00 bits per heavy atom. The predicted octanol–water partition coefficient (Wildman–Crippen LogP) is 3.27. The monoisotopic (exact) mass is 323 g/mol. The summed E-state index contributed by atoms with van der Waals surface area (Å²) in [4.78, 5) is 2.02. The van der Waals surface area contributed by atoms with E-state index in [1.165, 1.54) is 0 Å². The van der Waals surface area contributed by atoms with E-state index in [4.69, 9.17) is 23.2 Å². The van der Waals surface area contributed by atoms with E-state index in [9.17, 15) is 5.11 Å². The van der Waals surface area contributed by atoms with E-state index in [-0.39, 0.29) is 0 Å². The van der Waals surface area contributed by atoms with E-state index in [2.05, 4.69) is 10.2 Å². The molecule has 0 saturated carbocycles. The Balaban J connectivity index is 1.86. The molecule has 1 fully saturated rings. The van der Waals surface area contributed by atoms with Crippen molar-refractivity contribution in [3.63, 3.8) is 0 Å². The molecule has 0 bridgehead atoms. The summed E-state index contributed by atoms with van der Waals surface area (Å²) in [6.45, 7) is 1.29. The lowest BCUT2D eigenvalue weighted by molar-refractivity contribution is 0.0217. The van der Waals surface area contributed by atoms with Crippen LogP contribution in [0.5, 0.6) is 0 Å². The standard InChI is InChI=1S/C15H15Cl2N3O/c16-12-4-1-3-11(9-12)15(21)7-2-8-20(10-15)14-6-5-13(17)18-19-14/h1,3-6,9,21H,2,7-8,10H2. The van der Waals surface area contributed by atoms with Crippen molar-refractivity contribution < 1.29 is 5.11 Å². The number of hydrogen-bond donors (Lipinski definition) is 1. The lowest BCUT2D eigenvalue weighted by atomic mass is 9.86. The quantitative estimate of drug-likeness (QED) is 0.921. The van der Waals surface area contributed by atoms with Gasteiger partial charge in [0.2, 0.25) is 0 Å². The molecule has 6 heteroatoms. The third kappa shape index (κ3) is 3.12. The topological polar surface area (TPSA) is 49.2 Å². The molecule has 4 nitrogen and oxygen atoms in total. The second-order valence-electron chi connectivity index (χ2n) is 5.28. The lowest BCUT2D eigenvalue weighted by Crippen LogP contribution is -2.46.